The van der Waals surface area contributed by atoms with Crippen LogP contribution >= 0.6 is 0 Å². The molecule has 0 spiro atoms. The quantitative estimate of drug-likeness (QED) is 0.569. The summed E-state index contributed by atoms with van der Waals surface area (Å²) in [4.78, 5) is 0. The monoisotopic (exact) mass is 343 g/mol. The average Bonchev–Trinajstić information content (AvgIpc) is 2.26. The zero-order valence-electron chi connectivity index (χ0n) is 7.43. The summed E-state index contributed by atoms with van der Waals surface area (Å²) in [5, 5.41) is 57.6. The van der Waals surface area contributed by atoms with Crippen LogP contribution in [0.3, 0.4) is 0 Å². The Morgan fingerprint density at radius 1 is 0.467 bits per heavy atom. The van der Waals surface area contributed by atoms with Crippen LogP contribution in [0.15, 0.2) is 0 Å². The van der Waals surface area contributed by atoms with E-state index in [0.717, 1.165) is 30.0 Å². The summed E-state index contributed by atoms with van der Waals surface area (Å²) in [6, 6.07) is 0. The molecule has 0 rings (SSSR count). The third kappa shape index (κ3) is 1.76. The Hall–Kier alpha value is -1.31. The van der Waals surface area contributed by atoms with E-state index in [1.807, 2.05) is 0 Å². The third-order valence-electron chi connectivity index (χ3n) is 1.12. The maximum atomic E-state index is 8.58. The summed E-state index contributed by atoms with van der Waals surface area (Å²) in [6.07, 6.45) is 0. The van der Waals surface area contributed by atoms with Crippen LogP contribution < -0.4 is 0 Å². The standard InChI is InChI=1S/6CN.Co.2Zn/c6*1-2;;;/q;;;;;;-4;2*+2. The molecule has 0 heterocycles. The van der Waals surface area contributed by atoms with Gasteiger partial charge in [-0.1, -0.05) is 0 Å². The Kier molecular flexibility index (Phi) is 5.76. The fourth-order valence-electron chi connectivity index (χ4n) is 0.250. The van der Waals surface area contributed by atoms with E-state index in [1.165, 1.54) is 0 Å². The van der Waals surface area contributed by atoms with E-state index in [4.69, 9.17) is 31.6 Å². The van der Waals surface area contributed by atoms with Gasteiger partial charge in [0.2, 0.25) is 0 Å². The van der Waals surface area contributed by atoms with E-state index in [0.29, 0.717) is 0 Å². The predicted octanol–water partition coefficient (Wildman–Crippen LogP) is 0.0932. The minimum atomic E-state index is -6.03. The van der Waals surface area contributed by atoms with Crippen LogP contribution in [0.2, 0.25) is 0 Å². The molecule has 0 saturated heterocycles. The van der Waals surface area contributed by atoms with Crippen LogP contribution in [0.4, 0.5) is 0 Å². The van der Waals surface area contributed by atoms with Crippen molar-refractivity contribution in [3.63, 3.8) is 0 Å². The van der Waals surface area contributed by atoms with Crippen LogP contribution in [-0.4, -0.2) is 0 Å². The Morgan fingerprint density at radius 2 is 0.600 bits per heavy atom. The summed E-state index contributed by atoms with van der Waals surface area (Å²) >= 11 is 0. The fourth-order valence-corrected chi connectivity index (χ4v) is 1.03. The molecule has 9 heteroatoms. The Morgan fingerprint density at radius 3 is 0.600 bits per heavy atom. The molecule has 0 bridgehead atoms. The molecule has 0 aromatic heterocycles. The van der Waals surface area contributed by atoms with E-state index in [-0.39, 0.29) is 39.0 Å². The number of nitrogens with zero attached hydrogens (tertiary/aromatic N) is 6. The number of rotatable bonds is 0. The predicted molar refractivity (Wildman–Crippen MR) is 33.7 cm³/mol. The molecule has 0 radical (unpaired) electrons. The summed E-state index contributed by atoms with van der Waals surface area (Å²) in [5.74, 6) is 0. The van der Waals surface area contributed by atoms with Crippen molar-refractivity contribution in [3.05, 3.63) is 0 Å². The SMILES string of the molecule is N#[C][Co-4]([C]#N)([C]#N)([C]#N)([C]#N)[C]#N.[Zn+2].[Zn+2]. The molecule has 0 fully saturated rings. The first-order valence-electron chi connectivity index (χ1n) is 2.34. The van der Waals surface area contributed by atoms with Crippen LogP contribution in [-0.2, 0) is 49.5 Å². The second-order valence-corrected chi connectivity index (χ2v) is 7.00. The van der Waals surface area contributed by atoms with Gasteiger partial charge in [0, 0.05) is 0 Å². The van der Waals surface area contributed by atoms with Gasteiger partial charge in [-0.15, -0.1) is 0 Å². The normalized spacial score (nSPS) is 11.6. The Balaban J connectivity index is -0.000000720. The van der Waals surface area contributed by atoms with Crippen molar-refractivity contribution in [2.45, 2.75) is 0 Å². The summed E-state index contributed by atoms with van der Waals surface area (Å²) in [5.41, 5.74) is 0. The minimum Gasteiger partial charge on any atom is 2.00 e. The van der Waals surface area contributed by atoms with E-state index >= 15 is 0 Å². The van der Waals surface area contributed by atoms with Crippen molar-refractivity contribution < 1.29 is 49.5 Å². The molecule has 67 valence electrons. The molecule has 0 unspecified atom stereocenters. The van der Waals surface area contributed by atoms with E-state index in [9.17, 15) is 0 Å². The van der Waals surface area contributed by atoms with E-state index in [1.54, 1.807) is 0 Å². The van der Waals surface area contributed by atoms with Crippen molar-refractivity contribution in [3.8, 4) is 30.0 Å². The Labute approximate surface area is 110 Å². The van der Waals surface area contributed by atoms with E-state index < -0.39 is 10.5 Å². The van der Waals surface area contributed by atoms with Crippen molar-refractivity contribution in [2.75, 3.05) is 0 Å². The van der Waals surface area contributed by atoms with Gasteiger partial charge in [-0.3, -0.25) is 0 Å². The maximum Gasteiger partial charge on any atom is 2.00 e. The second kappa shape index (κ2) is 4.48. The molecule has 0 aromatic rings. The third-order valence-corrected chi connectivity index (χ3v) is 4.61. The van der Waals surface area contributed by atoms with Gasteiger partial charge in [-0.25, -0.2) is 0 Å². The largest absolute Gasteiger partial charge is 2.00 e. The molecule has 0 N–H and O–H groups in total. The van der Waals surface area contributed by atoms with E-state index in [2.05, 4.69) is 0 Å². The van der Waals surface area contributed by atoms with Gasteiger partial charge in [0.25, 0.3) is 0 Å². The van der Waals surface area contributed by atoms with Crippen LogP contribution in [0.1, 0.15) is 0 Å². The first kappa shape index (κ1) is 19.3. The zero-order chi connectivity index (χ0) is 10.7. The van der Waals surface area contributed by atoms with Gasteiger partial charge in [0.1, 0.15) is 0 Å². The van der Waals surface area contributed by atoms with Gasteiger partial charge in [0.05, 0.1) is 0 Å². The number of hydrogen-bond donors (Lipinski definition) is 0. The molecule has 0 amide bonds. The first-order valence-corrected chi connectivity index (χ1v) is 5.46. The van der Waals surface area contributed by atoms with Crippen molar-refractivity contribution in [2.24, 2.45) is 0 Å². The number of nitriles is 6. The molecule has 0 saturated carbocycles. The van der Waals surface area contributed by atoms with Crippen LogP contribution in [0, 0.1) is 61.6 Å². The molecule has 15 heavy (non-hydrogen) atoms. The summed E-state index contributed by atoms with van der Waals surface area (Å²) < 4.78 is 0. The van der Waals surface area contributed by atoms with Crippen LogP contribution in [0.5, 0.6) is 0 Å². The van der Waals surface area contributed by atoms with Crippen molar-refractivity contribution >= 4 is 0 Å². The molecular formula is C6CoN6Zn2. The van der Waals surface area contributed by atoms with Crippen LogP contribution in [0.25, 0.3) is 0 Å². The van der Waals surface area contributed by atoms with Gasteiger partial charge in [-0.05, 0) is 0 Å². The van der Waals surface area contributed by atoms with Gasteiger partial charge in [0.15, 0.2) is 0 Å². The molecule has 0 aliphatic carbocycles. The Bertz CT molecular complexity index is 395. The van der Waals surface area contributed by atoms with Crippen molar-refractivity contribution in [1.29, 1.82) is 31.6 Å². The fraction of sp³-hybridized carbons (Fsp3) is 0. The molecule has 0 aromatic carbocycles. The second-order valence-electron chi connectivity index (χ2n) is 1.70. The molecule has 0 aliphatic heterocycles. The molecule has 0 aliphatic rings. The molecule has 0 atom stereocenters. The zero-order valence-corrected chi connectivity index (χ0v) is 14.4. The smallest absolute Gasteiger partial charge is 2.00 e. The average molecular weight is 346 g/mol. The summed E-state index contributed by atoms with van der Waals surface area (Å²) in [7, 11) is -6.03. The minimum absolute atomic E-state index is 0. The summed E-state index contributed by atoms with van der Waals surface area (Å²) in [6.45, 7) is 0. The maximum absolute atomic E-state index is 8.58. The van der Waals surface area contributed by atoms with Gasteiger partial charge in [-0.2, -0.15) is 0 Å². The first-order chi connectivity index (χ1) is 5.97. The molecular weight excluding hydrogens is 346 g/mol. The van der Waals surface area contributed by atoms with Crippen molar-refractivity contribution in [1.82, 2.24) is 0 Å². The molecule has 6 nitrogen and oxygen atoms in total. The van der Waals surface area contributed by atoms with Gasteiger partial charge >= 0.3 is 111 Å². The van der Waals surface area contributed by atoms with Gasteiger partial charge < -0.3 is 0 Å². The number of hydrogen-bond acceptors (Lipinski definition) is 6. The topological polar surface area (TPSA) is 143 Å².